The summed E-state index contributed by atoms with van der Waals surface area (Å²) in [4.78, 5) is 0. The van der Waals surface area contributed by atoms with Crippen molar-refractivity contribution in [2.75, 3.05) is 0 Å². The van der Waals surface area contributed by atoms with E-state index in [-0.39, 0.29) is 0 Å². The zero-order valence-electron chi connectivity index (χ0n) is 18.8. The molecule has 0 heterocycles. The second kappa shape index (κ2) is 13.0. The van der Waals surface area contributed by atoms with Crippen LogP contribution in [0.1, 0.15) is 72.9 Å². The maximum atomic E-state index is 5.92. The molecule has 0 aliphatic heterocycles. The maximum Gasteiger partial charge on any atom is 0.130 e. The highest BCUT2D eigenvalue weighted by Crippen LogP contribution is 2.27. The van der Waals surface area contributed by atoms with Gasteiger partial charge in [-0.2, -0.15) is 0 Å². The summed E-state index contributed by atoms with van der Waals surface area (Å²) < 4.78 is 7.00. The van der Waals surface area contributed by atoms with Crippen molar-refractivity contribution in [1.82, 2.24) is 0 Å². The molecule has 0 amide bonds. The quantitative estimate of drug-likeness (QED) is 0.455. The number of rotatable bonds is 5. The summed E-state index contributed by atoms with van der Waals surface area (Å²) in [6.45, 7) is 19.3. The molecule has 2 rings (SSSR count). The standard InChI is InChI=1S/C18H21BrO.C5H12.C2H6/c1-13(2)4-5-15-6-9-17(10-7-15)20-18-11-8-16(19)12-14(18)3;1-5(2,3)4;1-2/h6-13H,4-5H2,1-3H3;1-4H3;1-2H3. The Bertz CT molecular complexity index is 630. The zero-order valence-corrected chi connectivity index (χ0v) is 20.4. The van der Waals surface area contributed by atoms with Crippen LogP contribution in [0.15, 0.2) is 46.9 Å². The summed E-state index contributed by atoms with van der Waals surface area (Å²) in [6.07, 6.45) is 2.36. The van der Waals surface area contributed by atoms with Crippen LogP contribution in [-0.4, -0.2) is 0 Å². The van der Waals surface area contributed by atoms with Crippen molar-refractivity contribution in [3.05, 3.63) is 58.1 Å². The second-order valence-corrected chi connectivity index (χ2v) is 9.50. The Hall–Kier alpha value is -1.28. The van der Waals surface area contributed by atoms with E-state index in [1.807, 2.05) is 26.0 Å². The van der Waals surface area contributed by atoms with Crippen molar-refractivity contribution < 1.29 is 4.74 Å². The third kappa shape index (κ3) is 13.5. The topological polar surface area (TPSA) is 9.23 Å². The predicted molar refractivity (Wildman–Crippen MR) is 125 cm³/mol. The average molecular weight is 435 g/mol. The molecule has 2 heteroatoms. The monoisotopic (exact) mass is 434 g/mol. The molecular weight excluding hydrogens is 396 g/mol. The molecule has 0 spiro atoms. The Morgan fingerprint density at radius 2 is 1.44 bits per heavy atom. The molecular formula is C25H39BrO. The first kappa shape index (κ1) is 25.7. The number of ether oxygens (including phenoxy) is 1. The van der Waals surface area contributed by atoms with E-state index in [1.54, 1.807) is 0 Å². The van der Waals surface area contributed by atoms with Crippen LogP contribution in [0, 0.1) is 18.3 Å². The zero-order chi connectivity index (χ0) is 21.0. The number of halogens is 1. The van der Waals surface area contributed by atoms with Crippen LogP contribution < -0.4 is 4.74 Å². The first-order chi connectivity index (χ1) is 12.5. The molecule has 0 atom stereocenters. The normalized spacial score (nSPS) is 10.5. The lowest BCUT2D eigenvalue weighted by Crippen LogP contribution is -1.93. The minimum atomic E-state index is 0.500. The number of benzene rings is 2. The Kier molecular flexibility index (Phi) is 12.4. The number of hydrogen-bond acceptors (Lipinski definition) is 1. The van der Waals surface area contributed by atoms with Crippen molar-refractivity contribution in [2.45, 2.75) is 75.2 Å². The summed E-state index contributed by atoms with van der Waals surface area (Å²) in [5, 5.41) is 0. The fourth-order valence-corrected chi connectivity index (χ4v) is 2.51. The van der Waals surface area contributed by atoms with E-state index >= 15 is 0 Å². The molecule has 0 N–H and O–H groups in total. The van der Waals surface area contributed by atoms with Gasteiger partial charge in [0.2, 0.25) is 0 Å². The smallest absolute Gasteiger partial charge is 0.130 e. The average Bonchev–Trinajstić information content (AvgIpc) is 2.57. The summed E-state index contributed by atoms with van der Waals surface area (Å²) in [7, 11) is 0. The highest BCUT2D eigenvalue weighted by molar-refractivity contribution is 9.10. The molecule has 0 bridgehead atoms. The van der Waals surface area contributed by atoms with Gasteiger partial charge in [0.1, 0.15) is 11.5 Å². The van der Waals surface area contributed by atoms with Gasteiger partial charge in [-0.25, -0.2) is 0 Å². The van der Waals surface area contributed by atoms with Crippen LogP contribution in [0.25, 0.3) is 0 Å². The van der Waals surface area contributed by atoms with Crippen LogP contribution in [0.4, 0.5) is 0 Å². The lowest BCUT2D eigenvalue weighted by molar-refractivity contribution is 0.469. The van der Waals surface area contributed by atoms with Gasteiger partial charge < -0.3 is 4.74 Å². The van der Waals surface area contributed by atoms with E-state index in [2.05, 4.69) is 94.7 Å². The summed E-state index contributed by atoms with van der Waals surface area (Å²) in [5.41, 5.74) is 3.00. The van der Waals surface area contributed by atoms with Gasteiger partial charge in [0.15, 0.2) is 0 Å². The Morgan fingerprint density at radius 1 is 0.926 bits per heavy atom. The molecule has 152 valence electrons. The highest BCUT2D eigenvalue weighted by atomic mass is 79.9. The summed E-state index contributed by atoms with van der Waals surface area (Å²) in [5.74, 6) is 2.54. The molecule has 0 radical (unpaired) electrons. The van der Waals surface area contributed by atoms with Gasteiger partial charge >= 0.3 is 0 Å². The fourth-order valence-electron chi connectivity index (χ4n) is 2.03. The largest absolute Gasteiger partial charge is 0.457 e. The van der Waals surface area contributed by atoms with E-state index in [1.165, 1.54) is 12.0 Å². The molecule has 0 saturated carbocycles. The van der Waals surface area contributed by atoms with Crippen molar-refractivity contribution in [3.63, 3.8) is 0 Å². The predicted octanol–water partition coefficient (Wildman–Crippen LogP) is 9.22. The number of hydrogen-bond donors (Lipinski definition) is 0. The Labute approximate surface area is 176 Å². The lowest BCUT2D eigenvalue weighted by Gasteiger charge is -2.10. The Morgan fingerprint density at radius 3 is 1.89 bits per heavy atom. The van der Waals surface area contributed by atoms with Gasteiger partial charge in [0.25, 0.3) is 0 Å². The molecule has 2 aromatic carbocycles. The van der Waals surface area contributed by atoms with Crippen molar-refractivity contribution in [1.29, 1.82) is 0 Å². The van der Waals surface area contributed by atoms with Crippen molar-refractivity contribution in [2.24, 2.45) is 11.3 Å². The second-order valence-electron chi connectivity index (χ2n) is 8.59. The van der Waals surface area contributed by atoms with Crippen molar-refractivity contribution in [3.8, 4) is 11.5 Å². The van der Waals surface area contributed by atoms with Gasteiger partial charge in [-0.05, 0) is 72.6 Å². The Balaban J connectivity index is 0.000000838. The van der Waals surface area contributed by atoms with Gasteiger partial charge in [0, 0.05) is 4.47 Å². The minimum Gasteiger partial charge on any atom is -0.457 e. The molecule has 0 aliphatic carbocycles. The van der Waals surface area contributed by atoms with E-state index in [0.717, 1.165) is 33.9 Å². The van der Waals surface area contributed by atoms with Gasteiger partial charge in [-0.1, -0.05) is 83.5 Å². The third-order valence-electron chi connectivity index (χ3n) is 3.30. The summed E-state index contributed by atoms with van der Waals surface area (Å²) >= 11 is 3.46. The van der Waals surface area contributed by atoms with Crippen LogP contribution >= 0.6 is 15.9 Å². The van der Waals surface area contributed by atoms with E-state index in [9.17, 15) is 0 Å². The van der Waals surface area contributed by atoms with E-state index < -0.39 is 0 Å². The summed E-state index contributed by atoms with van der Waals surface area (Å²) in [6, 6.07) is 14.5. The van der Waals surface area contributed by atoms with Gasteiger partial charge in [0.05, 0.1) is 0 Å². The molecule has 0 aromatic heterocycles. The number of aryl methyl sites for hydroxylation is 2. The minimum absolute atomic E-state index is 0.500. The first-order valence-corrected chi connectivity index (χ1v) is 10.9. The molecule has 27 heavy (non-hydrogen) atoms. The van der Waals surface area contributed by atoms with Gasteiger partial charge in [-0.15, -0.1) is 0 Å². The van der Waals surface area contributed by atoms with Crippen LogP contribution in [-0.2, 0) is 6.42 Å². The van der Waals surface area contributed by atoms with Crippen LogP contribution in [0.2, 0.25) is 0 Å². The van der Waals surface area contributed by atoms with Crippen LogP contribution in [0.3, 0.4) is 0 Å². The molecule has 0 fully saturated rings. The maximum absolute atomic E-state index is 5.92. The van der Waals surface area contributed by atoms with Crippen molar-refractivity contribution >= 4 is 15.9 Å². The van der Waals surface area contributed by atoms with E-state index in [4.69, 9.17) is 4.74 Å². The molecule has 0 unspecified atom stereocenters. The van der Waals surface area contributed by atoms with E-state index in [0.29, 0.717) is 5.41 Å². The van der Waals surface area contributed by atoms with Crippen LogP contribution in [0.5, 0.6) is 11.5 Å². The van der Waals surface area contributed by atoms with Gasteiger partial charge in [-0.3, -0.25) is 0 Å². The fraction of sp³-hybridized carbons (Fsp3) is 0.520. The first-order valence-electron chi connectivity index (χ1n) is 10.1. The molecule has 0 aliphatic rings. The highest BCUT2D eigenvalue weighted by Gasteiger charge is 2.03. The SMILES string of the molecule is CC.CC(C)(C)C.Cc1cc(Br)ccc1Oc1ccc(CCC(C)C)cc1. The molecule has 1 nitrogen and oxygen atoms in total. The molecule has 0 saturated heterocycles. The third-order valence-corrected chi connectivity index (χ3v) is 3.79. The lowest BCUT2D eigenvalue weighted by atomic mass is 10.0. The molecule has 2 aromatic rings.